The molecule has 0 saturated heterocycles. The number of carbonyl (C=O) groups excluding carboxylic acids is 1. The van der Waals surface area contributed by atoms with Crippen molar-refractivity contribution >= 4 is 5.97 Å². The summed E-state index contributed by atoms with van der Waals surface area (Å²) < 4.78 is 33.2. The van der Waals surface area contributed by atoms with Crippen molar-refractivity contribution in [3.05, 3.63) is 77.4 Å². The summed E-state index contributed by atoms with van der Waals surface area (Å²) in [7, 11) is 0. The van der Waals surface area contributed by atoms with Gasteiger partial charge < -0.3 is 4.74 Å². The van der Waals surface area contributed by atoms with Gasteiger partial charge in [-0.2, -0.15) is 0 Å². The Kier molecular flexibility index (Phi) is 7.39. The van der Waals surface area contributed by atoms with Crippen LogP contribution in [0.5, 0.6) is 5.75 Å². The summed E-state index contributed by atoms with van der Waals surface area (Å²) in [5.74, 6) is 1.39. The molecule has 32 heavy (non-hydrogen) atoms. The second kappa shape index (κ2) is 10.4. The third kappa shape index (κ3) is 5.46. The number of carbonyl (C=O) groups is 1. The van der Waals surface area contributed by atoms with E-state index in [-0.39, 0.29) is 23.0 Å². The van der Waals surface area contributed by atoms with Gasteiger partial charge in [-0.05, 0) is 118 Å². The van der Waals surface area contributed by atoms with Crippen LogP contribution in [-0.4, -0.2) is 5.97 Å². The van der Waals surface area contributed by atoms with Crippen LogP contribution < -0.4 is 4.74 Å². The van der Waals surface area contributed by atoms with Crippen LogP contribution in [-0.2, 0) is 0 Å². The monoisotopic (exact) mass is 438 g/mol. The molecule has 0 aromatic heterocycles. The van der Waals surface area contributed by atoms with E-state index >= 15 is 0 Å². The van der Waals surface area contributed by atoms with Gasteiger partial charge in [-0.25, -0.2) is 13.6 Å². The molecule has 2 aliphatic rings. The van der Waals surface area contributed by atoms with Crippen LogP contribution in [0, 0.1) is 29.4 Å². The molecule has 2 aliphatic carbocycles. The van der Waals surface area contributed by atoms with Crippen LogP contribution in [0.15, 0.2) is 54.6 Å². The fourth-order valence-corrected chi connectivity index (χ4v) is 5.68. The molecular formula is C28H32F2O2. The second-order valence-electron chi connectivity index (χ2n) is 9.44. The number of hydrogen-bond acceptors (Lipinski definition) is 2. The largest absolute Gasteiger partial charge is 0.423 e. The molecule has 2 aromatic carbocycles. The SMILES string of the molecule is C/C=C/CCC1CCC2CC(c3ccc(C(=O)Oc4ccc(F)cc4)cc3F)CCC2C1. The van der Waals surface area contributed by atoms with Gasteiger partial charge in [-0.1, -0.05) is 24.6 Å². The molecule has 0 N–H and O–H groups in total. The molecule has 0 bridgehead atoms. The minimum Gasteiger partial charge on any atom is -0.423 e. The van der Waals surface area contributed by atoms with Crippen molar-refractivity contribution in [3.63, 3.8) is 0 Å². The second-order valence-corrected chi connectivity index (χ2v) is 9.44. The maximum Gasteiger partial charge on any atom is 0.343 e. The lowest BCUT2D eigenvalue weighted by Crippen LogP contribution is -2.30. The van der Waals surface area contributed by atoms with Crippen molar-refractivity contribution in [2.24, 2.45) is 17.8 Å². The minimum absolute atomic E-state index is 0.172. The highest BCUT2D eigenvalue weighted by Gasteiger charge is 2.36. The summed E-state index contributed by atoms with van der Waals surface area (Å²) >= 11 is 0. The molecule has 2 nitrogen and oxygen atoms in total. The van der Waals surface area contributed by atoms with Gasteiger partial charge in [-0.15, -0.1) is 0 Å². The molecule has 4 heteroatoms. The van der Waals surface area contributed by atoms with E-state index in [4.69, 9.17) is 4.74 Å². The van der Waals surface area contributed by atoms with Crippen LogP contribution in [0.1, 0.15) is 80.1 Å². The molecule has 2 aromatic rings. The molecule has 4 unspecified atom stereocenters. The first kappa shape index (κ1) is 22.7. The van der Waals surface area contributed by atoms with Crippen LogP contribution >= 0.6 is 0 Å². The number of halogens is 2. The summed E-state index contributed by atoms with van der Waals surface area (Å²) in [6.45, 7) is 2.08. The predicted molar refractivity (Wildman–Crippen MR) is 123 cm³/mol. The quantitative estimate of drug-likeness (QED) is 0.261. The molecule has 0 amide bonds. The Labute approximate surface area is 189 Å². The van der Waals surface area contributed by atoms with E-state index in [1.54, 1.807) is 12.1 Å². The highest BCUT2D eigenvalue weighted by molar-refractivity contribution is 5.91. The van der Waals surface area contributed by atoms with Crippen molar-refractivity contribution in [1.82, 2.24) is 0 Å². The van der Waals surface area contributed by atoms with Crippen molar-refractivity contribution in [2.75, 3.05) is 0 Å². The maximum atomic E-state index is 15.0. The highest BCUT2D eigenvalue weighted by atomic mass is 19.1. The molecular weight excluding hydrogens is 406 g/mol. The normalized spacial score (nSPS) is 25.5. The average Bonchev–Trinajstić information content (AvgIpc) is 2.80. The van der Waals surface area contributed by atoms with Gasteiger partial charge in [0.25, 0.3) is 0 Å². The molecule has 0 heterocycles. The fourth-order valence-electron chi connectivity index (χ4n) is 5.68. The molecule has 0 aliphatic heterocycles. The van der Waals surface area contributed by atoms with Crippen LogP contribution in [0.2, 0.25) is 0 Å². The van der Waals surface area contributed by atoms with E-state index in [0.717, 1.165) is 30.2 Å². The Morgan fingerprint density at radius 1 is 1.00 bits per heavy atom. The summed E-state index contributed by atoms with van der Waals surface area (Å²) in [4.78, 5) is 12.4. The number of allylic oxidation sites excluding steroid dienone is 2. The van der Waals surface area contributed by atoms with Crippen molar-refractivity contribution in [3.8, 4) is 5.75 Å². The van der Waals surface area contributed by atoms with Gasteiger partial charge in [0.2, 0.25) is 0 Å². The van der Waals surface area contributed by atoms with Gasteiger partial charge in [-0.3, -0.25) is 0 Å². The summed E-state index contributed by atoms with van der Waals surface area (Å²) in [6.07, 6.45) is 14.0. The molecule has 0 spiro atoms. The molecule has 2 fully saturated rings. The van der Waals surface area contributed by atoms with Gasteiger partial charge in [0.1, 0.15) is 17.4 Å². The van der Waals surface area contributed by atoms with E-state index in [2.05, 4.69) is 19.1 Å². The lowest BCUT2D eigenvalue weighted by molar-refractivity contribution is 0.0734. The number of fused-ring (bicyclic) bond motifs is 1. The predicted octanol–water partition coefficient (Wildman–Crippen LogP) is 7.84. The van der Waals surface area contributed by atoms with Crippen molar-refractivity contribution < 1.29 is 18.3 Å². The Bertz CT molecular complexity index is 950. The zero-order valence-corrected chi connectivity index (χ0v) is 18.7. The molecule has 4 rings (SSSR count). The van der Waals surface area contributed by atoms with Gasteiger partial charge in [0.15, 0.2) is 0 Å². The third-order valence-electron chi connectivity index (χ3n) is 7.40. The maximum absolute atomic E-state index is 15.0. The van der Waals surface area contributed by atoms with Gasteiger partial charge >= 0.3 is 5.97 Å². The summed E-state index contributed by atoms with van der Waals surface area (Å²) in [5.41, 5.74) is 0.892. The fraction of sp³-hybridized carbons (Fsp3) is 0.464. The molecule has 2 saturated carbocycles. The van der Waals surface area contributed by atoms with Gasteiger partial charge in [0.05, 0.1) is 5.56 Å². The number of hydrogen-bond donors (Lipinski definition) is 0. The Morgan fingerprint density at radius 2 is 1.75 bits per heavy atom. The van der Waals surface area contributed by atoms with Crippen LogP contribution in [0.4, 0.5) is 8.78 Å². The highest BCUT2D eigenvalue weighted by Crippen LogP contribution is 2.48. The first-order chi connectivity index (χ1) is 15.5. The molecule has 0 radical (unpaired) electrons. The number of rotatable bonds is 6. The van der Waals surface area contributed by atoms with E-state index in [0.29, 0.717) is 5.92 Å². The zero-order valence-electron chi connectivity index (χ0n) is 18.7. The Morgan fingerprint density at radius 3 is 2.50 bits per heavy atom. The van der Waals surface area contributed by atoms with Crippen LogP contribution in [0.25, 0.3) is 0 Å². The Balaban J connectivity index is 1.36. The van der Waals surface area contributed by atoms with Crippen LogP contribution in [0.3, 0.4) is 0 Å². The van der Waals surface area contributed by atoms with Crippen molar-refractivity contribution in [2.45, 2.75) is 64.2 Å². The van der Waals surface area contributed by atoms with E-state index in [1.807, 2.05) is 0 Å². The lowest BCUT2D eigenvalue weighted by atomic mass is 9.63. The molecule has 170 valence electrons. The topological polar surface area (TPSA) is 26.3 Å². The lowest BCUT2D eigenvalue weighted by Gasteiger charge is -2.42. The third-order valence-corrected chi connectivity index (χ3v) is 7.40. The van der Waals surface area contributed by atoms with E-state index < -0.39 is 11.8 Å². The number of ether oxygens (including phenoxy) is 1. The van der Waals surface area contributed by atoms with Crippen molar-refractivity contribution in [1.29, 1.82) is 0 Å². The summed E-state index contributed by atoms with van der Waals surface area (Å²) in [5, 5.41) is 0. The number of benzene rings is 2. The first-order valence-electron chi connectivity index (χ1n) is 11.9. The first-order valence-corrected chi connectivity index (χ1v) is 11.9. The molecule has 4 atom stereocenters. The minimum atomic E-state index is -0.637. The smallest absolute Gasteiger partial charge is 0.343 e. The zero-order chi connectivity index (χ0) is 22.5. The van der Waals surface area contributed by atoms with E-state index in [9.17, 15) is 13.6 Å². The van der Waals surface area contributed by atoms with E-state index in [1.165, 1.54) is 68.9 Å². The Hall–Kier alpha value is -2.49. The van der Waals surface area contributed by atoms with Gasteiger partial charge in [0, 0.05) is 0 Å². The standard InChI is InChI=1S/C28H32F2O2/c1-2-3-4-5-19-6-7-21-17-22(9-8-20(21)16-19)26-15-10-23(18-27(26)30)28(31)32-25-13-11-24(29)12-14-25/h2-3,10-15,18-22H,4-9,16-17H2,1H3/b3-2+. The number of esters is 1. The summed E-state index contributed by atoms with van der Waals surface area (Å²) in [6, 6.07) is 9.89. The average molecular weight is 439 g/mol.